The van der Waals surface area contributed by atoms with E-state index in [2.05, 4.69) is 67.4 Å². The number of hydrogen-bond donors (Lipinski definition) is 0. The van der Waals surface area contributed by atoms with E-state index in [4.69, 9.17) is 4.74 Å². The van der Waals surface area contributed by atoms with Gasteiger partial charge in [-0.05, 0) is 36.3 Å². The van der Waals surface area contributed by atoms with Crippen LogP contribution in [0.25, 0.3) is 0 Å². The molecule has 0 amide bonds. The number of fused-ring (bicyclic) bond motifs is 3. The summed E-state index contributed by atoms with van der Waals surface area (Å²) in [5.74, 6) is 1.83. The van der Waals surface area contributed by atoms with E-state index in [0.29, 0.717) is 29.8 Å². The van der Waals surface area contributed by atoms with Gasteiger partial charge in [-0.15, -0.1) is 0 Å². The fraction of sp³-hybridized carbons (Fsp3) is 0.524. The summed E-state index contributed by atoms with van der Waals surface area (Å²) in [4.78, 5) is 2.68. The van der Waals surface area contributed by atoms with Gasteiger partial charge in [-0.1, -0.05) is 56.4 Å². The van der Waals surface area contributed by atoms with Crippen LogP contribution in [0.4, 0.5) is 0 Å². The van der Waals surface area contributed by atoms with Crippen molar-refractivity contribution in [1.82, 2.24) is 4.90 Å². The summed E-state index contributed by atoms with van der Waals surface area (Å²) < 4.78 is 5.63. The molecule has 122 valence electrons. The highest BCUT2D eigenvalue weighted by atomic mass is 16.5. The first-order chi connectivity index (χ1) is 11.2. The topological polar surface area (TPSA) is 12.5 Å². The minimum absolute atomic E-state index is 0.245. The minimum Gasteiger partial charge on any atom is -0.377 e. The number of nitrogens with zero attached hydrogens (tertiary/aromatic N) is 1. The van der Waals surface area contributed by atoms with Gasteiger partial charge in [0.05, 0.1) is 18.2 Å². The summed E-state index contributed by atoms with van der Waals surface area (Å²) in [5, 5.41) is 0. The maximum atomic E-state index is 5.63. The first-order valence-electron chi connectivity index (χ1n) is 8.95. The predicted molar refractivity (Wildman–Crippen MR) is 94.9 cm³/mol. The number of hydrogen-bond acceptors (Lipinski definition) is 2. The Hall–Kier alpha value is -1.54. The molecule has 1 aliphatic heterocycles. The van der Waals surface area contributed by atoms with Crippen molar-refractivity contribution in [2.45, 2.75) is 44.9 Å². The van der Waals surface area contributed by atoms with E-state index < -0.39 is 0 Å². The van der Waals surface area contributed by atoms with Gasteiger partial charge in [0.1, 0.15) is 0 Å². The molecule has 1 fully saturated rings. The van der Waals surface area contributed by atoms with Crippen LogP contribution in [0.15, 0.2) is 59.9 Å². The highest BCUT2D eigenvalue weighted by Gasteiger charge is 2.45. The molecule has 0 spiro atoms. The van der Waals surface area contributed by atoms with E-state index in [1.54, 1.807) is 0 Å². The first kappa shape index (κ1) is 15.0. The monoisotopic (exact) mass is 309 g/mol. The van der Waals surface area contributed by atoms with Gasteiger partial charge in [0.15, 0.2) is 0 Å². The Kier molecular flexibility index (Phi) is 3.81. The molecule has 6 unspecified atom stereocenters. The molecule has 0 aromatic carbocycles. The summed E-state index contributed by atoms with van der Waals surface area (Å²) in [6.07, 6.45) is 21.3. The van der Waals surface area contributed by atoms with Gasteiger partial charge in [-0.2, -0.15) is 0 Å². The zero-order valence-electron chi connectivity index (χ0n) is 14.4. The van der Waals surface area contributed by atoms with Crippen molar-refractivity contribution >= 4 is 0 Å². The van der Waals surface area contributed by atoms with Crippen LogP contribution < -0.4 is 0 Å². The molecule has 0 aromatic rings. The molecule has 6 atom stereocenters. The zero-order chi connectivity index (χ0) is 16.0. The van der Waals surface area contributed by atoms with E-state index in [1.807, 2.05) is 7.11 Å². The quantitative estimate of drug-likeness (QED) is 0.707. The van der Waals surface area contributed by atoms with Crippen molar-refractivity contribution in [2.24, 2.45) is 17.8 Å². The Morgan fingerprint density at radius 2 is 1.87 bits per heavy atom. The van der Waals surface area contributed by atoms with Gasteiger partial charge in [0.2, 0.25) is 0 Å². The second-order valence-electron chi connectivity index (χ2n) is 7.44. The fourth-order valence-electron chi connectivity index (χ4n) is 4.66. The van der Waals surface area contributed by atoms with E-state index in [0.717, 1.165) is 6.42 Å². The lowest BCUT2D eigenvalue weighted by Crippen LogP contribution is -2.42. The summed E-state index contributed by atoms with van der Waals surface area (Å²) in [5.41, 5.74) is 2.99. The largest absolute Gasteiger partial charge is 0.377 e. The normalized spacial score (nSPS) is 41.4. The molecule has 4 aliphatic rings. The lowest BCUT2D eigenvalue weighted by atomic mass is 9.80. The van der Waals surface area contributed by atoms with Crippen LogP contribution in [-0.2, 0) is 4.74 Å². The van der Waals surface area contributed by atoms with Crippen LogP contribution >= 0.6 is 0 Å². The predicted octanol–water partition coefficient (Wildman–Crippen LogP) is 4.24. The molecule has 1 saturated heterocycles. The van der Waals surface area contributed by atoms with Gasteiger partial charge < -0.3 is 9.64 Å². The van der Waals surface area contributed by atoms with Crippen molar-refractivity contribution in [3.05, 3.63) is 59.9 Å². The van der Waals surface area contributed by atoms with Gasteiger partial charge in [-0.25, -0.2) is 0 Å². The van der Waals surface area contributed by atoms with Crippen molar-refractivity contribution in [2.75, 3.05) is 7.11 Å². The molecular weight excluding hydrogens is 282 g/mol. The SMILES string of the molecule is COC1C=C2C(=CC1)N(C1C=CC=CC1C)C1C=CC(C)CC21. The smallest absolute Gasteiger partial charge is 0.0793 e. The minimum atomic E-state index is 0.245. The number of ether oxygens (including phenoxy) is 1. The number of likely N-dealkylation sites (tertiary alicyclic amines) is 1. The first-order valence-corrected chi connectivity index (χ1v) is 8.95. The second kappa shape index (κ2) is 5.83. The molecule has 3 aliphatic carbocycles. The molecule has 2 nitrogen and oxygen atoms in total. The summed E-state index contributed by atoms with van der Waals surface area (Å²) in [6, 6.07) is 0.963. The van der Waals surface area contributed by atoms with Crippen LogP contribution in [-0.4, -0.2) is 30.2 Å². The lowest BCUT2D eigenvalue weighted by molar-refractivity contribution is 0.140. The van der Waals surface area contributed by atoms with Crippen LogP contribution in [0.1, 0.15) is 26.7 Å². The molecule has 2 heteroatoms. The van der Waals surface area contributed by atoms with Crippen LogP contribution in [0.5, 0.6) is 0 Å². The molecule has 0 saturated carbocycles. The zero-order valence-corrected chi connectivity index (χ0v) is 14.4. The molecule has 23 heavy (non-hydrogen) atoms. The Morgan fingerprint density at radius 3 is 2.65 bits per heavy atom. The molecule has 0 aromatic heterocycles. The number of methoxy groups -OCH3 is 1. The summed E-state index contributed by atoms with van der Waals surface area (Å²) >= 11 is 0. The Balaban J connectivity index is 1.75. The highest BCUT2D eigenvalue weighted by molar-refractivity contribution is 5.46. The Bertz CT molecular complexity index is 624. The standard InChI is InChI=1S/C21H27NO/c1-14-8-10-20-17(12-14)18-13-16(23-3)9-11-21(18)22(20)19-7-5-4-6-15(19)2/h4-8,10-11,13-17,19-20H,9,12H2,1-3H3. The Morgan fingerprint density at radius 1 is 1.04 bits per heavy atom. The van der Waals surface area contributed by atoms with Crippen LogP contribution in [0, 0.1) is 17.8 Å². The Labute approximate surface area is 139 Å². The summed E-state index contributed by atoms with van der Waals surface area (Å²) in [7, 11) is 1.82. The molecule has 0 N–H and O–H groups in total. The van der Waals surface area contributed by atoms with Gasteiger partial charge in [0.25, 0.3) is 0 Å². The van der Waals surface area contributed by atoms with Crippen LogP contribution in [0.3, 0.4) is 0 Å². The third-order valence-electron chi connectivity index (χ3n) is 5.88. The number of rotatable bonds is 2. The third kappa shape index (κ3) is 2.44. The van der Waals surface area contributed by atoms with Crippen molar-refractivity contribution in [3.63, 3.8) is 0 Å². The molecular formula is C21H27NO. The average molecular weight is 309 g/mol. The summed E-state index contributed by atoms with van der Waals surface area (Å²) in [6.45, 7) is 4.67. The maximum Gasteiger partial charge on any atom is 0.0793 e. The van der Waals surface area contributed by atoms with Crippen molar-refractivity contribution in [3.8, 4) is 0 Å². The molecule has 4 rings (SSSR count). The van der Waals surface area contributed by atoms with E-state index >= 15 is 0 Å². The maximum absolute atomic E-state index is 5.63. The van der Waals surface area contributed by atoms with Gasteiger partial charge in [-0.3, -0.25) is 0 Å². The fourth-order valence-corrected chi connectivity index (χ4v) is 4.66. The van der Waals surface area contributed by atoms with E-state index in [1.165, 1.54) is 17.7 Å². The van der Waals surface area contributed by atoms with Crippen molar-refractivity contribution < 1.29 is 4.74 Å². The van der Waals surface area contributed by atoms with E-state index in [-0.39, 0.29) is 6.10 Å². The highest BCUT2D eigenvalue weighted by Crippen LogP contribution is 2.48. The van der Waals surface area contributed by atoms with Gasteiger partial charge >= 0.3 is 0 Å². The second-order valence-corrected chi connectivity index (χ2v) is 7.44. The number of allylic oxidation sites excluding steroid dienone is 4. The molecule has 0 bridgehead atoms. The van der Waals surface area contributed by atoms with Gasteiger partial charge in [0, 0.05) is 18.7 Å². The van der Waals surface area contributed by atoms with Crippen LogP contribution in [0.2, 0.25) is 0 Å². The molecule has 1 heterocycles. The van der Waals surface area contributed by atoms with E-state index in [9.17, 15) is 0 Å². The average Bonchev–Trinajstić information content (AvgIpc) is 2.88. The third-order valence-corrected chi connectivity index (χ3v) is 5.88. The molecule has 0 radical (unpaired) electrons. The van der Waals surface area contributed by atoms with Crippen molar-refractivity contribution in [1.29, 1.82) is 0 Å². The lowest BCUT2D eigenvalue weighted by Gasteiger charge is -2.39.